The van der Waals surface area contributed by atoms with Crippen molar-refractivity contribution < 1.29 is 9.59 Å². The minimum absolute atomic E-state index is 0.0346. The average molecular weight is 407 g/mol. The van der Waals surface area contributed by atoms with Crippen molar-refractivity contribution in [1.82, 2.24) is 4.90 Å². The van der Waals surface area contributed by atoms with E-state index in [1.807, 2.05) is 0 Å². The summed E-state index contributed by atoms with van der Waals surface area (Å²) in [6.45, 7) is -0.0346. The van der Waals surface area contributed by atoms with Crippen molar-refractivity contribution in [2.45, 2.75) is 31.7 Å². The first-order valence-corrected chi connectivity index (χ1v) is 7.99. The van der Waals surface area contributed by atoms with Crippen LogP contribution in [0.25, 0.3) is 0 Å². The van der Waals surface area contributed by atoms with E-state index in [2.05, 4.69) is 22.6 Å². The molecule has 0 atom stereocenters. The Morgan fingerprint density at radius 2 is 2.00 bits per heavy atom. The minimum Gasteiger partial charge on any atom is -0.368 e. The molecule has 1 aromatic rings. The van der Waals surface area contributed by atoms with Crippen LogP contribution in [0.5, 0.6) is 0 Å². The second-order valence-electron chi connectivity index (χ2n) is 4.97. The molecular weight excluding hydrogens is 391 g/mol. The number of nitrogens with two attached hydrogens (primary N) is 1. The molecule has 0 spiro atoms. The number of halogens is 2. The fourth-order valence-electron chi connectivity index (χ4n) is 2.55. The highest BCUT2D eigenvalue weighted by molar-refractivity contribution is 14.1. The number of benzene rings is 1. The van der Waals surface area contributed by atoms with Crippen molar-refractivity contribution in [3.63, 3.8) is 0 Å². The fraction of sp³-hybridized carbons (Fsp3) is 0.429. The molecule has 6 heteroatoms. The summed E-state index contributed by atoms with van der Waals surface area (Å²) in [7, 11) is 0. The highest BCUT2D eigenvalue weighted by Gasteiger charge is 2.28. The smallest absolute Gasteiger partial charge is 0.254 e. The molecule has 0 unspecified atom stereocenters. The number of hydrogen-bond donors (Lipinski definition) is 1. The van der Waals surface area contributed by atoms with E-state index in [9.17, 15) is 9.59 Å². The lowest BCUT2D eigenvalue weighted by Crippen LogP contribution is -2.44. The Balaban J connectivity index is 2.24. The van der Waals surface area contributed by atoms with Crippen LogP contribution in [-0.2, 0) is 4.79 Å². The quantitative estimate of drug-likeness (QED) is 0.782. The summed E-state index contributed by atoms with van der Waals surface area (Å²) in [5, 5.41) is 0.543. The molecule has 0 radical (unpaired) electrons. The van der Waals surface area contributed by atoms with Crippen molar-refractivity contribution in [2.75, 3.05) is 6.54 Å². The summed E-state index contributed by atoms with van der Waals surface area (Å²) in [6, 6.07) is 5.29. The first-order chi connectivity index (χ1) is 9.49. The maximum absolute atomic E-state index is 12.6. The van der Waals surface area contributed by atoms with E-state index in [4.69, 9.17) is 17.3 Å². The zero-order valence-electron chi connectivity index (χ0n) is 10.9. The molecule has 108 valence electrons. The van der Waals surface area contributed by atoms with E-state index in [0.29, 0.717) is 10.6 Å². The summed E-state index contributed by atoms with van der Waals surface area (Å²) in [5.74, 6) is -0.657. The zero-order chi connectivity index (χ0) is 14.7. The van der Waals surface area contributed by atoms with Crippen molar-refractivity contribution in [1.29, 1.82) is 0 Å². The normalized spacial score (nSPS) is 15.3. The van der Waals surface area contributed by atoms with Crippen LogP contribution in [0.4, 0.5) is 0 Å². The molecule has 1 fully saturated rings. The highest BCUT2D eigenvalue weighted by atomic mass is 127. The largest absolute Gasteiger partial charge is 0.368 e. The van der Waals surface area contributed by atoms with Gasteiger partial charge in [-0.3, -0.25) is 9.59 Å². The molecule has 0 aliphatic heterocycles. The Hall–Kier alpha value is -0.820. The molecule has 1 aromatic carbocycles. The van der Waals surface area contributed by atoms with Crippen molar-refractivity contribution in [3.8, 4) is 0 Å². The van der Waals surface area contributed by atoms with E-state index in [1.54, 1.807) is 23.1 Å². The van der Waals surface area contributed by atoms with Gasteiger partial charge in [-0.1, -0.05) is 24.4 Å². The van der Waals surface area contributed by atoms with Crippen molar-refractivity contribution in [3.05, 3.63) is 32.4 Å². The molecule has 20 heavy (non-hydrogen) atoms. The fourth-order valence-corrected chi connectivity index (χ4v) is 3.06. The molecule has 0 aromatic heterocycles. The molecule has 1 saturated carbocycles. The number of carbonyl (C=O) groups is 2. The summed E-state index contributed by atoms with van der Waals surface area (Å²) >= 11 is 8.17. The van der Waals surface area contributed by atoms with Crippen LogP contribution in [0.15, 0.2) is 18.2 Å². The van der Waals surface area contributed by atoms with Crippen LogP contribution >= 0.6 is 34.2 Å². The number of rotatable bonds is 4. The van der Waals surface area contributed by atoms with Gasteiger partial charge in [0.2, 0.25) is 5.91 Å². The van der Waals surface area contributed by atoms with Gasteiger partial charge in [0.1, 0.15) is 0 Å². The van der Waals surface area contributed by atoms with Crippen LogP contribution in [0.3, 0.4) is 0 Å². The average Bonchev–Trinajstić information content (AvgIpc) is 2.92. The van der Waals surface area contributed by atoms with Gasteiger partial charge in [-0.15, -0.1) is 0 Å². The number of amides is 2. The lowest BCUT2D eigenvalue weighted by molar-refractivity contribution is -0.119. The van der Waals surface area contributed by atoms with E-state index in [0.717, 1.165) is 29.3 Å². The molecule has 0 bridgehead atoms. The summed E-state index contributed by atoms with van der Waals surface area (Å²) in [4.78, 5) is 25.4. The Bertz CT molecular complexity index is 530. The van der Waals surface area contributed by atoms with Gasteiger partial charge in [-0.25, -0.2) is 0 Å². The maximum Gasteiger partial charge on any atom is 0.254 e. The third kappa shape index (κ3) is 3.63. The molecule has 1 aliphatic carbocycles. The first-order valence-electron chi connectivity index (χ1n) is 6.53. The highest BCUT2D eigenvalue weighted by Crippen LogP contribution is 2.26. The molecule has 0 saturated heterocycles. The minimum atomic E-state index is -0.484. The monoisotopic (exact) mass is 406 g/mol. The predicted octanol–water partition coefficient (Wildman–Crippen LogP) is 2.81. The lowest BCUT2D eigenvalue weighted by Gasteiger charge is -2.28. The number of primary amides is 1. The molecule has 2 rings (SSSR count). The van der Waals surface area contributed by atoms with Crippen LogP contribution in [0.2, 0.25) is 5.02 Å². The molecule has 4 nitrogen and oxygen atoms in total. The Labute approximate surface area is 136 Å². The third-order valence-electron chi connectivity index (χ3n) is 3.52. The Morgan fingerprint density at radius 3 is 2.55 bits per heavy atom. The van der Waals surface area contributed by atoms with Gasteiger partial charge < -0.3 is 10.6 Å². The van der Waals surface area contributed by atoms with Crippen LogP contribution in [-0.4, -0.2) is 29.3 Å². The summed E-state index contributed by atoms with van der Waals surface area (Å²) < 4.78 is 0.892. The van der Waals surface area contributed by atoms with E-state index >= 15 is 0 Å². The SMILES string of the molecule is NC(=O)CN(C(=O)c1ccc(I)c(Cl)c1)C1CCCC1. The van der Waals surface area contributed by atoms with Gasteiger partial charge in [0, 0.05) is 15.2 Å². The topological polar surface area (TPSA) is 63.4 Å². The summed E-state index contributed by atoms with van der Waals surface area (Å²) in [6.07, 6.45) is 4.02. The predicted molar refractivity (Wildman–Crippen MR) is 86.7 cm³/mol. The maximum atomic E-state index is 12.6. The number of hydrogen-bond acceptors (Lipinski definition) is 2. The number of nitrogens with zero attached hydrogens (tertiary/aromatic N) is 1. The van der Waals surface area contributed by atoms with Gasteiger partial charge in [0.15, 0.2) is 0 Å². The van der Waals surface area contributed by atoms with Gasteiger partial charge >= 0.3 is 0 Å². The zero-order valence-corrected chi connectivity index (χ0v) is 13.9. The lowest BCUT2D eigenvalue weighted by atomic mass is 10.1. The molecule has 2 amide bonds. The van der Waals surface area contributed by atoms with Crippen LogP contribution in [0, 0.1) is 3.57 Å². The van der Waals surface area contributed by atoms with Crippen molar-refractivity contribution in [2.24, 2.45) is 5.73 Å². The molecule has 0 heterocycles. The van der Waals surface area contributed by atoms with E-state index < -0.39 is 5.91 Å². The molecular formula is C14H16ClIN2O2. The molecule has 2 N–H and O–H groups in total. The van der Waals surface area contributed by atoms with E-state index in [1.165, 1.54) is 0 Å². The van der Waals surface area contributed by atoms with Crippen molar-refractivity contribution >= 4 is 46.0 Å². The second kappa shape index (κ2) is 6.76. The Kier molecular flexibility index (Phi) is 5.26. The standard InChI is InChI=1S/C14H16ClIN2O2/c15-11-7-9(5-6-12(11)16)14(20)18(8-13(17)19)10-3-1-2-4-10/h5-7,10H,1-4,8H2,(H2,17,19). The second-order valence-corrected chi connectivity index (χ2v) is 6.54. The van der Waals surface area contributed by atoms with Crippen LogP contribution in [0.1, 0.15) is 36.0 Å². The van der Waals surface area contributed by atoms with E-state index in [-0.39, 0.29) is 18.5 Å². The van der Waals surface area contributed by atoms with Gasteiger partial charge in [0.25, 0.3) is 5.91 Å². The van der Waals surface area contributed by atoms with Gasteiger partial charge in [0.05, 0.1) is 11.6 Å². The van der Waals surface area contributed by atoms with Crippen LogP contribution < -0.4 is 5.73 Å². The third-order valence-corrected chi connectivity index (χ3v) is 5.09. The Morgan fingerprint density at radius 1 is 1.35 bits per heavy atom. The summed E-state index contributed by atoms with van der Waals surface area (Å²) in [5.41, 5.74) is 5.77. The molecule has 1 aliphatic rings. The first kappa shape index (κ1) is 15.6. The van der Waals surface area contributed by atoms with Gasteiger partial charge in [-0.2, -0.15) is 0 Å². The van der Waals surface area contributed by atoms with Gasteiger partial charge in [-0.05, 0) is 53.6 Å². The number of carbonyl (C=O) groups excluding carboxylic acids is 2.